The fourth-order valence-corrected chi connectivity index (χ4v) is 1.15. The molecule has 1 heterocycles. The molecule has 4 heteroatoms. The van der Waals surface area contributed by atoms with E-state index in [1.165, 1.54) is 6.26 Å². The van der Waals surface area contributed by atoms with Gasteiger partial charge in [0, 0.05) is 6.04 Å². The quantitative estimate of drug-likeness (QED) is 0.764. The van der Waals surface area contributed by atoms with Gasteiger partial charge in [0.25, 0.3) is 5.91 Å². The first-order valence-corrected chi connectivity index (χ1v) is 4.19. The van der Waals surface area contributed by atoms with Crippen molar-refractivity contribution < 1.29 is 9.21 Å². The summed E-state index contributed by atoms with van der Waals surface area (Å²) in [7, 11) is 0. The molecule has 0 saturated heterocycles. The summed E-state index contributed by atoms with van der Waals surface area (Å²) in [6.45, 7) is 0. The van der Waals surface area contributed by atoms with E-state index >= 15 is 0 Å². The predicted molar refractivity (Wildman–Crippen MR) is 44.2 cm³/mol. The van der Waals surface area contributed by atoms with Gasteiger partial charge < -0.3 is 9.73 Å². The minimum atomic E-state index is -0.142. The Hall–Kier alpha value is -0.960. The summed E-state index contributed by atoms with van der Waals surface area (Å²) in [6, 6.07) is 1.92. The number of hydrogen-bond donors (Lipinski definition) is 1. The molecule has 1 aromatic rings. The van der Waals surface area contributed by atoms with Gasteiger partial charge in [-0.1, -0.05) is 0 Å². The van der Waals surface area contributed by atoms with Crippen LogP contribution in [-0.2, 0) is 0 Å². The van der Waals surface area contributed by atoms with Crippen LogP contribution >= 0.6 is 11.6 Å². The Kier molecular flexibility index (Phi) is 1.81. The van der Waals surface area contributed by atoms with Gasteiger partial charge in [0.1, 0.15) is 0 Å². The van der Waals surface area contributed by atoms with Crippen LogP contribution in [0.2, 0.25) is 5.22 Å². The summed E-state index contributed by atoms with van der Waals surface area (Å²) in [6.07, 6.45) is 3.55. The molecule has 1 fully saturated rings. The third-order valence-electron chi connectivity index (χ3n) is 1.78. The molecule has 1 aromatic heterocycles. The Morgan fingerprint density at radius 2 is 2.42 bits per heavy atom. The highest BCUT2D eigenvalue weighted by Crippen LogP contribution is 2.21. The molecule has 1 N–H and O–H groups in total. The van der Waals surface area contributed by atoms with Crippen molar-refractivity contribution in [3.8, 4) is 0 Å². The summed E-state index contributed by atoms with van der Waals surface area (Å²) in [5, 5.41) is 2.97. The number of rotatable bonds is 2. The van der Waals surface area contributed by atoms with Crippen LogP contribution in [0.5, 0.6) is 0 Å². The van der Waals surface area contributed by atoms with E-state index in [1.54, 1.807) is 6.07 Å². The highest BCUT2D eigenvalue weighted by molar-refractivity contribution is 6.32. The lowest BCUT2D eigenvalue weighted by molar-refractivity contribution is 0.0950. The van der Waals surface area contributed by atoms with E-state index in [0.717, 1.165) is 12.8 Å². The van der Waals surface area contributed by atoms with Gasteiger partial charge in [-0.3, -0.25) is 4.79 Å². The molecule has 0 bridgehead atoms. The van der Waals surface area contributed by atoms with Crippen molar-refractivity contribution >= 4 is 17.5 Å². The van der Waals surface area contributed by atoms with E-state index < -0.39 is 0 Å². The van der Waals surface area contributed by atoms with Crippen LogP contribution in [0.3, 0.4) is 0 Å². The summed E-state index contributed by atoms with van der Waals surface area (Å²) in [5.74, 6) is -0.142. The van der Waals surface area contributed by atoms with E-state index in [2.05, 4.69) is 5.32 Å². The number of amides is 1. The van der Waals surface area contributed by atoms with Crippen molar-refractivity contribution in [3.63, 3.8) is 0 Å². The molecule has 0 atom stereocenters. The Bertz CT molecular complexity index is 304. The molecule has 0 aliphatic heterocycles. The molecule has 3 nitrogen and oxygen atoms in total. The molecule has 1 amide bonds. The molecule has 1 saturated carbocycles. The molecule has 0 aromatic carbocycles. The summed E-state index contributed by atoms with van der Waals surface area (Å²) < 4.78 is 4.79. The number of hydrogen-bond acceptors (Lipinski definition) is 2. The number of furan rings is 1. The maximum atomic E-state index is 11.3. The maximum absolute atomic E-state index is 11.3. The van der Waals surface area contributed by atoms with Gasteiger partial charge >= 0.3 is 0 Å². The van der Waals surface area contributed by atoms with Crippen LogP contribution in [0.25, 0.3) is 0 Å². The summed E-state index contributed by atoms with van der Waals surface area (Å²) in [4.78, 5) is 11.3. The fourth-order valence-electron chi connectivity index (χ4n) is 0.947. The Morgan fingerprint density at radius 1 is 1.67 bits per heavy atom. The molecule has 0 spiro atoms. The molecule has 64 valence electrons. The van der Waals surface area contributed by atoms with E-state index in [9.17, 15) is 4.79 Å². The van der Waals surface area contributed by atoms with Crippen LogP contribution in [0, 0.1) is 0 Å². The van der Waals surface area contributed by atoms with Crippen LogP contribution in [-0.4, -0.2) is 11.9 Å². The first kappa shape index (κ1) is 7.68. The van der Waals surface area contributed by atoms with Crippen LogP contribution in [0.4, 0.5) is 0 Å². The van der Waals surface area contributed by atoms with Crippen molar-refractivity contribution in [1.29, 1.82) is 0 Å². The fraction of sp³-hybridized carbons (Fsp3) is 0.375. The first-order valence-electron chi connectivity index (χ1n) is 3.81. The number of nitrogens with one attached hydrogen (secondary N) is 1. The second kappa shape index (κ2) is 2.83. The molecule has 1 aliphatic rings. The first-order chi connectivity index (χ1) is 5.77. The van der Waals surface area contributed by atoms with E-state index in [4.69, 9.17) is 16.0 Å². The zero-order valence-corrected chi connectivity index (χ0v) is 7.10. The zero-order valence-electron chi connectivity index (χ0n) is 6.34. The normalized spacial score (nSPS) is 16.1. The molecule has 1 aliphatic carbocycles. The topological polar surface area (TPSA) is 42.2 Å². The van der Waals surface area contributed by atoms with Gasteiger partial charge in [0.2, 0.25) is 5.22 Å². The lowest BCUT2D eigenvalue weighted by Crippen LogP contribution is -2.25. The van der Waals surface area contributed by atoms with Gasteiger partial charge in [-0.15, -0.1) is 0 Å². The van der Waals surface area contributed by atoms with Gasteiger partial charge in [-0.05, 0) is 30.5 Å². The summed E-state index contributed by atoms with van der Waals surface area (Å²) in [5.41, 5.74) is 0.420. The van der Waals surface area contributed by atoms with Crippen LogP contribution < -0.4 is 5.32 Å². The van der Waals surface area contributed by atoms with Crippen molar-refractivity contribution in [2.75, 3.05) is 0 Å². The van der Waals surface area contributed by atoms with Crippen LogP contribution in [0.15, 0.2) is 16.7 Å². The van der Waals surface area contributed by atoms with Crippen molar-refractivity contribution in [2.24, 2.45) is 0 Å². The van der Waals surface area contributed by atoms with Gasteiger partial charge in [-0.25, -0.2) is 0 Å². The number of carbonyl (C=O) groups is 1. The highest BCUT2D eigenvalue weighted by atomic mass is 35.5. The number of halogens is 1. The minimum Gasteiger partial charge on any atom is -0.452 e. The zero-order chi connectivity index (χ0) is 8.55. The molecular formula is C8H8ClNO2. The van der Waals surface area contributed by atoms with E-state index in [0.29, 0.717) is 11.6 Å². The average molecular weight is 186 g/mol. The third kappa shape index (κ3) is 1.46. The molecule has 12 heavy (non-hydrogen) atoms. The molecule has 0 radical (unpaired) electrons. The second-order valence-corrected chi connectivity index (χ2v) is 3.20. The Balaban J connectivity index is 2.07. The predicted octanol–water partition coefficient (Wildman–Crippen LogP) is 1.83. The SMILES string of the molecule is O=C(NC1CC1)c1ccoc1Cl. The van der Waals surface area contributed by atoms with E-state index in [1.807, 2.05) is 0 Å². The van der Waals surface area contributed by atoms with E-state index in [-0.39, 0.29) is 11.1 Å². The second-order valence-electron chi connectivity index (χ2n) is 2.86. The monoisotopic (exact) mass is 185 g/mol. The standard InChI is InChI=1S/C8H8ClNO2/c9-7-6(3-4-12-7)8(11)10-5-1-2-5/h3-5H,1-2H2,(H,10,11). The molecular weight excluding hydrogens is 178 g/mol. The average Bonchev–Trinajstić information content (AvgIpc) is 2.72. The smallest absolute Gasteiger partial charge is 0.256 e. The molecule has 2 rings (SSSR count). The van der Waals surface area contributed by atoms with Gasteiger partial charge in [-0.2, -0.15) is 0 Å². The Morgan fingerprint density at radius 3 is 2.92 bits per heavy atom. The lowest BCUT2D eigenvalue weighted by atomic mass is 10.3. The summed E-state index contributed by atoms with van der Waals surface area (Å²) >= 11 is 5.61. The van der Waals surface area contributed by atoms with Gasteiger partial charge in [0.15, 0.2) is 0 Å². The largest absolute Gasteiger partial charge is 0.452 e. The van der Waals surface area contributed by atoms with Crippen molar-refractivity contribution in [2.45, 2.75) is 18.9 Å². The van der Waals surface area contributed by atoms with Crippen LogP contribution in [0.1, 0.15) is 23.2 Å². The minimum absolute atomic E-state index is 0.142. The van der Waals surface area contributed by atoms with Crippen molar-refractivity contribution in [3.05, 3.63) is 23.1 Å². The molecule has 0 unspecified atom stereocenters. The lowest BCUT2D eigenvalue weighted by Gasteiger charge is -1.99. The van der Waals surface area contributed by atoms with Gasteiger partial charge in [0.05, 0.1) is 11.8 Å². The maximum Gasteiger partial charge on any atom is 0.256 e. The third-order valence-corrected chi connectivity index (χ3v) is 2.07. The number of carbonyl (C=O) groups excluding carboxylic acids is 1. The van der Waals surface area contributed by atoms with Crippen molar-refractivity contribution in [1.82, 2.24) is 5.32 Å². The Labute approximate surface area is 74.7 Å². The highest BCUT2D eigenvalue weighted by Gasteiger charge is 2.25.